The Bertz CT molecular complexity index is 164. The molecule has 1 aromatic rings. The maximum atomic E-state index is 4.11. The molecule has 0 bridgehead atoms. The second-order valence-electron chi connectivity index (χ2n) is 1.67. The van der Waals surface area contributed by atoms with E-state index in [1.54, 1.807) is 0 Å². The van der Waals surface area contributed by atoms with Crippen LogP contribution in [0.4, 0.5) is 0 Å². The van der Waals surface area contributed by atoms with Crippen molar-refractivity contribution in [2.24, 2.45) is 0 Å². The van der Waals surface area contributed by atoms with Crippen molar-refractivity contribution in [3.05, 3.63) is 36.8 Å². The van der Waals surface area contributed by atoms with E-state index in [1.807, 2.05) is 24.3 Å². The van der Waals surface area contributed by atoms with Crippen molar-refractivity contribution in [3.63, 3.8) is 0 Å². The number of hydrogen-bond donors (Lipinski definition) is 1. The van der Waals surface area contributed by atoms with Gasteiger partial charge in [-0.15, -0.1) is 12.6 Å². The Labute approximate surface area is 55.0 Å². The standard InChI is InChI=1S/C7H7S/c1-6-3-2-4-7(8)5-6/h2-5,8H,1H2. The highest BCUT2D eigenvalue weighted by Gasteiger charge is 1.81. The summed E-state index contributed by atoms with van der Waals surface area (Å²) in [6, 6.07) is 7.73. The van der Waals surface area contributed by atoms with Crippen molar-refractivity contribution in [1.29, 1.82) is 0 Å². The number of rotatable bonds is 0. The highest BCUT2D eigenvalue weighted by Crippen LogP contribution is 2.06. The monoisotopic (exact) mass is 123 g/mol. The summed E-state index contributed by atoms with van der Waals surface area (Å²) < 4.78 is 0. The summed E-state index contributed by atoms with van der Waals surface area (Å²) in [7, 11) is 0. The van der Waals surface area contributed by atoms with Gasteiger partial charge in [0.1, 0.15) is 0 Å². The molecule has 0 aliphatic heterocycles. The molecule has 0 saturated heterocycles. The van der Waals surface area contributed by atoms with E-state index in [2.05, 4.69) is 19.6 Å². The lowest BCUT2D eigenvalue weighted by Gasteiger charge is -1.89. The molecule has 0 aromatic heterocycles. The summed E-state index contributed by atoms with van der Waals surface area (Å²) in [6.07, 6.45) is 0. The van der Waals surface area contributed by atoms with Gasteiger partial charge in [0.15, 0.2) is 0 Å². The fourth-order valence-electron chi connectivity index (χ4n) is 0.556. The second-order valence-corrected chi connectivity index (χ2v) is 2.19. The smallest absolute Gasteiger partial charge is 0.00427 e. The molecule has 8 heavy (non-hydrogen) atoms. The van der Waals surface area contributed by atoms with Gasteiger partial charge in [-0.05, 0) is 24.6 Å². The average Bonchev–Trinajstić information content (AvgIpc) is 1.64. The van der Waals surface area contributed by atoms with Gasteiger partial charge in [-0.2, -0.15) is 0 Å². The lowest BCUT2D eigenvalue weighted by atomic mass is 10.2. The maximum Gasteiger partial charge on any atom is 0.00427 e. The molecule has 0 N–H and O–H groups in total. The minimum Gasteiger partial charge on any atom is -0.143 e. The third-order valence-electron chi connectivity index (χ3n) is 0.911. The van der Waals surface area contributed by atoms with Crippen LogP contribution in [0.15, 0.2) is 29.2 Å². The van der Waals surface area contributed by atoms with Crippen molar-refractivity contribution < 1.29 is 0 Å². The second kappa shape index (κ2) is 2.23. The number of hydrogen-bond acceptors (Lipinski definition) is 1. The normalized spacial score (nSPS) is 9.25. The molecule has 0 aliphatic rings. The van der Waals surface area contributed by atoms with Crippen molar-refractivity contribution in [3.8, 4) is 0 Å². The first-order valence-corrected chi connectivity index (χ1v) is 2.85. The number of benzene rings is 1. The Morgan fingerprint density at radius 1 is 1.38 bits per heavy atom. The predicted octanol–water partition coefficient (Wildman–Crippen LogP) is 2.16. The fourth-order valence-corrected chi connectivity index (χ4v) is 0.808. The van der Waals surface area contributed by atoms with Gasteiger partial charge in [0.25, 0.3) is 0 Å². The Morgan fingerprint density at radius 3 is 2.50 bits per heavy atom. The van der Waals surface area contributed by atoms with E-state index in [4.69, 9.17) is 0 Å². The SMILES string of the molecule is [CH2]c1cccc(S)c1. The van der Waals surface area contributed by atoms with Crippen LogP contribution in [0.2, 0.25) is 0 Å². The molecule has 0 heterocycles. The third kappa shape index (κ3) is 1.27. The molecule has 0 amide bonds. The average molecular weight is 123 g/mol. The van der Waals surface area contributed by atoms with Crippen LogP contribution in [-0.2, 0) is 0 Å². The molecule has 1 radical (unpaired) electrons. The van der Waals surface area contributed by atoms with E-state index in [1.165, 1.54) is 0 Å². The van der Waals surface area contributed by atoms with Crippen LogP contribution in [-0.4, -0.2) is 0 Å². The van der Waals surface area contributed by atoms with Crippen LogP contribution in [0.3, 0.4) is 0 Å². The number of thiol groups is 1. The first-order valence-electron chi connectivity index (χ1n) is 2.40. The highest BCUT2D eigenvalue weighted by molar-refractivity contribution is 7.80. The lowest BCUT2D eigenvalue weighted by molar-refractivity contribution is 1.44. The van der Waals surface area contributed by atoms with Crippen LogP contribution in [0.1, 0.15) is 5.56 Å². The van der Waals surface area contributed by atoms with Gasteiger partial charge in [0.2, 0.25) is 0 Å². The Morgan fingerprint density at radius 2 is 2.12 bits per heavy atom. The molecule has 1 rings (SSSR count). The molecule has 0 unspecified atom stereocenters. The Kier molecular flexibility index (Phi) is 1.59. The van der Waals surface area contributed by atoms with Crippen LogP contribution >= 0.6 is 12.6 Å². The lowest BCUT2D eigenvalue weighted by Crippen LogP contribution is -1.67. The molecule has 0 saturated carbocycles. The zero-order chi connectivity index (χ0) is 5.98. The van der Waals surface area contributed by atoms with Gasteiger partial charge in [0.05, 0.1) is 0 Å². The van der Waals surface area contributed by atoms with Crippen molar-refractivity contribution in [2.75, 3.05) is 0 Å². The van der Waals surface area contributed by atoms with E-state index in [-0.39, 0.29) is 0 Å². The molecule has 0 fully saturated rings. The van der Waals surface area contributed by atoms with E-state index in [0.717, 1.165) is 10.5 Å². The first kappa shape index (κ1) is 5.70. The summed E-state index contributed by atoms with van der Waals surface area (Å²) in [6.45, 7) is 3.73. The van der Waals surface area contributed by atoms with E-state index in [9.17, 15) is 0 Å². The zero-order valence-corrected chi connectivity index (χ0v) is 5.36. The van der Waals surface area contributed by atoms with Crippen molar-refractivity contribution >= 4 is 12.6 Å². The summed E-state index contributed by atoms with van der Waals surface area (Å²) >= 11 is 4.11. The van der Waals surface area contributed by atoms with E-state index in [0.29, 0.717) is 0 Å². The van der Waals surface area contributed by atoms with Gasteiger partial charge >= 0.3 is 0 Å². The van der Waals surface area contributed by atoms with Crippen LogP contribution in [0.5, 0.6) is 0 Å². The van der Waals surface area contributed by atoms with Crippen LogP contribution in [0.25, 0.3) is 0 Å². The molecule has 41 valence electrons. The van der Waals surface area contributed by atoms with Gasteiger partial charge < -0.3 is 0 Å². The Balaban J connectivity index is 3.08. The third-order valence-corrected chi connectivity index (χ3v) is 1.19. The fraction of sp³-hybridized carbons (Fsp3) is 0. The van der Waals surface area contributed by atoms with Gasteiger partial charge in [-0.3, -0.25) is 0 Å². The quantitative estimate of drug-likeness (QED) is 0.502. The molecule has 1 heteroatoms. The largest absolute Gasteiger partial charge is 0.143 e. The summed E-state index contributed by atoms with van der Waals surface area (Å²) in [4.78, 5) is 0.970. The van der Waals surface area contributed by atoms with Gasteiger partial charge in [0, 0.05) is 4.90 Å². The zero-order valence-electron chi connectivity index (χ0n) is 4.46. The van der Waals surface area contributed by atoms with Crippen molar-refractivity contribution in [1.82, 2.24) is 0 Å². The molecular formula is C7H7S. The van der Waals surface area contributed by atoms with E-state index >= 15 is 0 Å². The molecule has 0 spiro atoms. The van der Waals surface area contributed by atoms with E-state index < -0.39 is 0 Å². The molecule has 0 aliphatic carbocycles. The maximum absolute atomic E-state index is 4.11. The van der Waals surface area contributed by atoms with Crippen LogP contribution in [0, 0.1) is 6.92 Å². The molecule has 0 atom stereocenters. The topological polar surface area (TPSA) is 0 Å². The highest BCUT2D eigenvalue weighted by atomic mass is 32.1. The summed E-state index contributed by atoms with van der Waals surface area (Å²) in [5.41, 5.74) is 1.01. The first-order chi connectivity index (χ1) is 3.79. The summed E-state index contributed by atoms with van der Waals surface area (Å²) in [5, 5.41) is 0. The van der Waals surface area contributed by atoms with Crippen LogP contribution < -0.4 is 0 Å². The minimum atomic E-state index is 0.970. The van der Waals surface area contributed by atoms with Gasteiger partial charge in [-0.25, -0.2) is 0 Å². The van der Waals surface area contributed by atoms with Gasteiger partial charge in [-0.1, -0.05) is 12.1 Å². The Hall–Kier alpha value is -0.430. The molecular weight excluding hydrogens is 116 g/mol. The summed E-state index contributed by atoms with van der Waals surface area (Å²) in [5.74, 6) is 0. The predicted molar refractivity (Wildman–Crippen MR) is 38.2 cm³/mol. The molecule has 0 nitrogen and oxygen atoms in total. The molecule has 1 aromatic carbocycles. The minimum absolute atomic E-state index is 0.970. The van der Waals surface area contributed by atoms with Crippen molar-refractivity contribution in [2.45, 2.75) is 4.90 Å².